The van der Waals surface area contributed by atoms with Gasteiger partial charge < -0.3 is 4.74 Å². The summed E-state index contributed by atoms with van der Waals surface area (Å²) < 4.78 is 7.22. The second-order valence-corrected chi connectivity index (χ2v) is 7.86. The molecule has 5 nitrogen and oxygen atoms in total. The Bertz CT molecular complexity index is 972. The number of ether oxygens (including phenoxy) is 1. The van der Waals surface area contributed by atoms with Gasteiger partial charge in [-0.15, -0.1) is 10.2 Å². The summed E-state index contributed by atoms with van der Waals surface area (Å²) in [5.41, 5.74) is 1.69. The van der Waals surface area contributed by atoms with Crippen molar-refractivity contribution in [1.82, 2.24) is 14.8 Å². The van der Waals surface area contributed by atoms with Crippen LogP contribution in [-0.4, -0.2) is 32.9 Å². The predicted molar refractivity (Wildman–Crippen MR) is 107 cm³/mol. The van der Waals surface area contributed by atoms with Crippen molar-refractivity contribution >= 4 is 29.1 Å². The molecule has 1 aliphatic rings. The van der Waals surface area contributed by atoms with Crippen molar-refractivity contribution in [3.8, 4) is 22.8 Å². The van der Waals surface area contributed by atoms with Gasteiger partial charge in [0.05, 0.1) is 17.4 Å². The lowest BCUT2D eigenvalue weighted by Gasteiger charge is -2.13. The Morgan fingerprint density at radius 3 is 2.59 bits per heavy atom. The molecule has 1 aromatic heterocycles. The highest BCUT2D eigenvalue weighted by Crippen LogP contribution is 2.36. The minimum Gasteiger partial charge on any atom is -0.497 e. The number of aromatic nitrogens is 3. The standard InChI is InChI=1S/C20H18ClN3O2S/c1-26-14-11-9-13(10-12-14)24-19(15-5-2-3-6-16(15)21)22-23-20(24)27-18-8-4-7-17(18)25/h2-3,5-6,9-12,18H,4,7-8H2,1H3/t18-/m0/s1. The molecule has 0 spiro atoms. The van der Waals surface area contributed by atoms with Gasteiger partial charge in [0, 0.05) is 17.7 Å². The number of halogens is 1. The summed E-state index contributed by atoms with van der Waals surface area (Å²) in [4.78, 5) is 12.1. The van der Waals surface area contributed by atoms with Gasteiger partial charge in [0.25, 0.3) is 0 Å². The van der Waals surface area contributed by atoms with Crippen LogP contribution in [0, 0.1) is 0 Å². The summed E-state index contributed by atoms with van der Waals surface area (Å²) in [5.74, 6) is 1.70. The van der Waals surface area contributed by atoms with Crippen LogP contribution in [0.3, 0.4) is 0 Å². The van der Waals surface area contributed by atoms with Crippen molar-refractivity contribution < 1.29 is 9.53 Å². The molecule has 3 aromatic rings. The van der Waals surface area contributed by atoms with E-state index in [1.165, 1.54) is 11.8 Å². The Hall–Kier alpha value is -2.31. The number of benzene rings is 2. The second kappa shape index (κ2) is 7.74. The first-order valence-corrected chi connectivity index (χ1v) is 9.97. The number of thioether (sulfide) groups is 1. The van der Waals surface area contributed by atoms with Crippen LogP contribution in [0.5, 0.6) is 5.75 Å². The third-order valence-corrected chi connectivity index (χ3v) is 6.16. The third kappa shape index (κ3) is 3.59. The molecule has 1 saturated carbocycles. The zero-order valence-electron chi connectivity index (χ0n) is 14.8. The molecule has 7 heteroatoms. The van der Waals surface area contributed by atoms with Crippen LogP contribution >= 0.6 is 23.4 Å². The van der Waals surface area contributed by atoms with Crippen molar-refractivity contribution in [3.05, 3.63) is 53.6 Å². The molecule has 27 heavy (non-hydrogen) atoms. The van der Waals surface area contributed by atoms with Crippen LogP contribution in [0.1, 0.15) is 19.3 Å². The van der Waals surface area contributed by atoms with E-state index in [9.17, 15) is 4.79 Å². The van der Waals surface area contributed by atoms with Gasteiger partial charge in [-0.05, 0) is 49.2 Å². The number of hydrogen-bond donors (Lipinski definition) is 0. The first-order chi connectivity index (χ1) is 13.2. The van der Waals surface area contributed by atoms with E-state index in [0.29, 0.717) is 22.4 Å². The molecular formula is C20H18ClN3O2S. The van der Waals surface area contributed by atoms with Crippen LogP contribution < -0.4 is 4.74 Å². The molecule has 0 saturated heterocycles. The van der Waals surface area contributed by atoms with E-state index < -0.39 is 0 Å². The topological polar surface area (TPSA) is 57.0 Å². The number of methoxy groups -OCH3 is 1. The van der Waals surface area contributed by atoms with Crippen molar-refractivity contribution in [2.45, 2.75) is 29.7 Å². The van der Waals surface area contributed by atoms with E-state index in [1.54, 1.807) is 7.11 Å². The second-order valence-electron chi connectivity index (χ2n) is 6.28. The van der Waals surface area contributed by atoms with Crippen LogP contribution in [0.2, 0.25) is 5.02 Å². The summed E-state index contributed by atoms with van der Waals surface area (Å²) in [7, 11) is 1.63. The minimum absolute atomic E-state index is 0.0645. The monoisotopic (exact) mass is 399 g/mol. The van der Waals surface area contributed by atoms with Gasteiger partial charge in [-0.25, -0.2) is 0 Å². The number of carbonyl (C=O) groups excluding carboxylic acids is 1. The van der Waals surface area contributed by atoms with E-state index >= 15 is 0 Å². The van der Waals surface area contributed by atoms with Crippen molar-refractivity contribution in [1.29, 1.82) is 0 Å². The van der Waals surface area contributed by atoms with Gasteiger partial charge in [0.2, 0.25) is 0 Å². The third-order valence-electron chi connectivity index (χ3n) is 4.58. The van der Waals surface area contributed by atoms with E-state index in [-0.39, 0.29) is 11.0 Å². The maximum absolute atomic E-state index is 12.1. The van der Waals surface area contributed by atoms with Crippen molar-refractivity contribution in [3.63, 3.8) is 0 Å². The van der Waals surface area contributed by atoms with Gasteiger partial charge >= 0.3 is 0 Å². The molecule has 1 fully saturated rings. The first-order valence-electron chi connectivity index (χ1n) is 8.71. The molecule has 0 amide bonds. The summed E-state index contributed by atoms with van der Waals surface area (Å²) in [6.45, 7) is 0. The van der Waals surface area contributed by atoms with Crippen LogP contribution in [0.15, 0.2) is 53.7 Å². The number of hydrogen-bond acceptors (Lipinski definition) is 5. The van der Waals surface area contributed by atoms with Gasteiger partial charge in [0.15, 0.2) is 11.0 Å². The highest BCUT2D eigenvalue weighted by atomic mass is 35.5. The molecule has 138 valence electrons. The molecule has 1 atom stereocenters. The first kappa shape index (κ1) is 18.1. The molecule has 1 heterocycles. The fourth-order valence-electron chi connectivity index (χ4n) is 3.16. The maximum atomic E-state index is 12.1. The minimum atomic E-state index is -0.0645. The quantitative estimate of drug-likeness (QED) is 0.616. The smallest absolute Gasteiger partial charge is 0.196 e. The Morgan fingerprint density at radius 2 is 1.93 bits per heavy atom. The van der Waals surface area contributed by atoms with Crippen LogP contribution in [0.25, 0.3) is 17.1 Å². The van der Waals surface area contributed by atoms with Crippen molar-refractivity contribution in [2.75, 3.05) is 7.11 Å². The molecule has 4 rings (SSSR count). The van der Waals surface area contributed by atoms with Gasteiger partial charge in [-0.1, -0.05) is 35.5 Å². The van der Waals surface area contributed by atoms with Gasteiger partial charge in [-0.2, -0.15) is 0 Å². The van der Waals surface area contributed by atoms with Crippen LogP contribution in [-0.2, 0) is 4.79 Å². The van der Waals surface area contributed by atoms with Crippen LogP contribution in [0.4, 0.5) is 0 Å². The highest BCUT2D eigenvalue weighted by Gasteiger charge is 2.28. The molecule has 0 unspecified atom stereocenters. The lowest BCUT2D eigenvalue weighted by atomic mass is 10.2. The molecule has 2 aromatic carbocycles. The molecule has 0 aliphatic heterocycles. The molecule has 0 radical (unpaired) electrons. The number of rotatable bonds is 5. The van der Waals surface area contributed by atoms with Crippen molar-refractivity contribution in [2.24, 2.45) is 0 Å². The summed E-state index contributed by atoms with van der Waals surface area (Å²) >= 11 is 7.88. The van der Waals surface area contributed by atoms with E-state index in [2.05, 4.69) is 10.2 Å². The zero-order valence-corrected chi connectivity index (χ0v) is 16.3. The number of carbonyl (C=O) groups is 1. The Morgan fingerprint density at radius 1 is 1.15 bits per heavy atom. The summed E-state index contributed by atoms with van der Waals surface area (Å²) in [6, 6.07) is 15.2. The molecule has 0 N–H and O–H groups in total. The zero-order chi connectivity index (χ0) is 18.8. The van der Waals surface area contributed by atoms with E-state index in [0.717, 1.165) is 29.8 Å². The molecule has 1 aliphatic carbocycles. The number of ketones is 1. The normalized spacial score (nSPS) is 16.7. The summed E-state index contributed by atoms with van der Waals surface area (Å²) in [6.07, 6.45) is 2.46. The summed E-state index contributed by atoms with van der Waals surface area (Å²) in [5, 5.41) is 10.0. The SMILES string of the molecule is COc1ccc(-n2c(S[C@H]3CCCC3=O)nnc2-c2ccccc2Cl)cc1. The highest BCUT2D eigenvalue weighted by molar-refractivity contribution is 8.00. The fourth-order valence-corrected chi connectivity index (χ4v) is 4.56. The lowest BCUT2D eigenvalue weighted by Crippen LogP contribution is -2.10. The van der Waals surface area contributed by atoms with Gasteiger partial charge in [0.1, 0.15) is 11.5 Å². The largest absolute Gasteiger partial charge is 0.497 e. The van der Waals surface area contributed by atoms with E-state index in [1.807, 2.05) is 53.1 Å². The number of nitrogens with zero attached hydrogens (tertiary/aromatic N) is 3. The lowest BCUT2D eigenvalue weighted by molar-refractivity contribution is -0.116. The molecule has 0 bridgehead atoms. The molecular weight excluding hydrogens is 382 g/mol. The van der Waals surface area contributed by atoms with Gasteiger partial charge in [-0.3, -0.25) is 9.36 Å². The Labute approximate surface area is 166 Å². The fraction of sp³-hybridized carbons (Fsp3) is 0.250. The Balaban J connectivity index is 1.81. The maximum Gasteiger partial charge on any atom is 0.196 e. The van der Waals surface area contributed by atoms with E-state index in [4.69, 9.17) is 16.3 Å². The number of Topliss-reactive ketones (excluding diaryl/α,β-unsaturated/α-hetero) is 1. The average Bonchev–Trinajstić information content (AvgIpc) is 3.29. The Kier molecular flexibility index (Phi) is 5.18. The average molecular weight is 400 g/mol. The predicted octanol–water partition coefficient (Wildman–Crippen LogP) is 4.81.